The Morgan fingerprint density at radius 3 is 2.56 bits per heavy atom. The summed E-state index contributed by atoms with van der Waals surface area (Å²) in [4.78, 5) is 4.16. The van der Waals surface area contributed by atoms with E-state index in [0.717, 1.165) is 24.1 Å². The van der Waals surface area contributed by atoms with E-state index in [2.05, 4.69) is 31.1 Å². The van der Waals surface area contributed by atoms with Gasteiger partial charge in [0.2, 0.25) is 5.88 Å². The average molecular weight is 352 g/mol. The number of nitrogens with zero attached hydrogens (tertiary/aromatic N) is 1. The number of hydrogen-bond donors (Lipinski definition) is 1. The maximum Gasteiger partial charge on any atom is 0.416 e. The Balaban J connectivity index is 2.10. The molecule has 2 rings (SSSR count). The van der Waals surface area contributed by atoms with Gasteiger partial charge in [-0.3, -0.25) is 0 Å². The molecule has 0 aliphatic carbocycles. The van der Waals surface area contributed by atoms with Gasteiger partial charge in [0, 0.05) is 24.3 Å². The van der Waals surface area contributed by atoms with Crippen molar-refractivity contribution in [1.29, 1.82) is 0 Å². The molecule has 6 heteroatoms. The zero-order valence-electron chi connectivity index (χ0n) is 14.6. The summed E-state index contributed by atoms with van der Waals surface area (Å²) >= 11 is 0. The molecule has 0 bridgehead atoms. The fraction of sp³-hybridized carbons (Fsp3) is 0.421. The number of hydrogen-bond acceptors (Lipinski definition) is 3. The predicted octanol–water partition coefficient (Wildman–Crippen LogP) is 5.42. The number of nitrogens with one attached hydrogen (secondary N) is 1. The normalized spacial score (nSPS) is 13.1. The summed E-state index contributed by atoms with van der Waals surface area (Å²) in [7, 11) is 0. The average Bonchev–Trinajstić information content (AvgIpc) is 2.53. The first-order valence-electron chi connectivity index (χ1n) is 8.28. The number of halogens is 3. The number of rotatable bonds is 7. The Morgan fingerprint density at radius 2 is 1.88 bits per heavy atom. The molecule has 1 atom stereocenters. The first-order valence-corrected chi connectivity index (χ1v) is 8.28. The van der Waals surface area contributed by atoms with Crippen LogP contribution in [0.25, 0.3) is 0 Å². The Hall–Kier alpha value is -2.08. The SMILES string of the molecule is CC(C)C[C@@H](C)NCc1cccnc1Oc1cccc(C(F)(F)F)c1. The van der Waals surface area contributed by atoms with Gasteiger partial charge in [0.05, 0.1) is 5.56 Å². The maximum atomic E-state index is 12.8. The van der Waals surface area contributed by atoms with Crippen LogP contribution >= 0.6 is 0 Å². The molecule has 1 aromatic heterocycles. The van der Waals surface area contributed by atoms with Crippen LogP contribution in [-0.4, -0.2) is 11.0 Å². The minimum absolute atomic E-state index is 0.116. The van der Waals surface area contributed by atoms with Crippen molar-refractivity contribution in [3.63, 3.8) is 0 Å². The van der Waals surface area contributed by atoms with Crippen molar-refractivity contribution < 1.29 is 17.9 Å². The number of aromatic nitrogens is 1. The first kappa shape index (κ1) is 19.2. The van der Waals surface area contributed by atoms with Crippen molar-refractivity contribution in [3.05, 3.63) is 53.7 Å². The predicted molar refractivity (Wildman–Crippen MR) is 91.5 cm³/mol. The van der Waals surface area contributed by atoms with Gasteiger partial charge in [-0.2, -0.15) is 13.2 Å². The van der Waals surface area contributed by atoms with Crippen LogP contribution in [0.1, 0.15) is 38.3 Å². The van der Waals surface area contributed by atoms with Crippen LogP contribution in [-0.2, 0) is 12.7 Å². The zero-order chi connectivity index (χ0) is 18.4. The van der Waals surface area contributed by atoms with E-state index in [1.807, 2.05) is 6.07 Å². The van der Waals surface area contributed by atoms with E-state index in [1.165, 1.54) is 12.1 Å². The van der Waals surface area contributed by atoms with Gasteiger partial charge in [0.1, 0.15) is 5.75 Å². The van der Waals surface area contributed by atoms with Crippen molar-refractivity contribution in [1.82, 2.24) is 10.3 Å². The van der Waals surface area contributed by atoms with Crippen molar-refractivity contribution in [2.24, 2.45) is 5.92 Å². The lowest BCUT2D eigenvalue weighted by atomic mass is 10.1. The number of pyridine rings is 1. The molecule has 1 N–H and O–H groups in total. The highest BCUT2D eigenvalue weighted by molar-refractivity contribution is 5.35. The lowest BCUT2D eigenvalue weighted by Gasteiger charge is -2.17. The van der Waals surface area contributed by atoms with Crippen LogP contribution in [0.2, 0.25) is 0 Å². The molecule has 0 unspecified atom stereocenters. The van der Waals surface area contributed by atoms with Gasteiger partial charge >= 0.3 is 6.18 Å². The molecule has 3 nitrogen and oxygen atoms in total. The highest BCUT2D eigenvalue weighted by Gasteiger charge is 2.30. The van der Waals surface area contributed by atoms with E-state index in [1.54, 1.807) is 12.3 Å². The van der Waals surface area contributed by atoms with Crippen LogP contribution in [0, 0.1) is 5.92 Å². The van der Waals surface area contributed by atoms with E-state index >= 15 is 0 Å². The van der Waals surface area contributed by atoms with Gasteiger partial charge in [-0.15, -0.1) is 0 Å². The molecule has 0 saturated carbocycles. The second kappa shape index (κ2) is 8.34. The van der Waals surface area contributed by atoms with Crippen molar-refractivity contribution >= 4 is 0 Å². The van der Waals surface area contributed by atoms with Gasteiger partial charge < -0.3 is 10.1 Å². The Bertz CT molecular complexity index is 686. The third-order valence-corrected chi connectivity index (χ3v) is 3.69. The van der Waals surface area contributed by atoms with Gasteiger partial charge in [-0.25, -0.2) is 4.98 Å². The molecule has 0 radical (unpaired) electrons. The summed E-state index contributed by atoms with van der Waals surface area (Å²) < 4.78 is 44.1. The summed E-state index contributed by atoms with van der Waals surface area (Å²) in [6, 6.07) is 8.76. The second-order valence-electron chi connectivity index (χ2n) is 6.51. The summed E-state index contributed by atoms with van der Waals surface area (Å²) in [5, 5.41) is 3.39. The van der Waals surface area contributed by atoms with E-state index in [4.69, 9.17) is 4.74 Å². The van der Waals surface area contributed by atoms with Crippen LogP contribution in [0.4, 0.5) is 13.2 Å². The van der Waals surface area contributed by atoms with Gasteiger partial charge in [0.15, 0.2) is 0 Å². The molecule has 0 amide bonds. The van der Waals surface area contributed by atoms with Crippen LogP contribution < -0.4 is 10.1 Å². The van der Waals surface area contributed by atoms with Crippen molar-refractivity contribution in [3.8, 4) is 11.6 Å². The van der Waals surface area contributed by atoms with E-state index in [-0.39, 0.29) is 5.75 Å². The molecule has 0 aliphatic rings. The number of ether oxygens (including phenoxy) is 1. The lowest BCUT2D eigenvalue weighted by Crippen LogP contribution is -2.27. The third-order valence-electron chi connectivity index (χ3n) is 3.69. The van der Waals surface area contributed by atoms with Crippen LogP contribution in [0.3, 0.4) is 0 Å². The molecule has 25 heavy (non-hydrogen) atoms. The molecule has 0 aliphatic heterocycles. The van der Waals surface area contributed by atoms with Gasteiger partial charge in [-0.05, 0) is 43.5 Å². The highest BCUT2D eigenvalue weighted by Crippen LogP contribution is 2.32. The smallest absolute Gasteiger partial charge is 0.416 e. The summed E-state index contributed by atoms with van der Waals surface area (Å²) in [6.07, 6.45) is -1.81. The van der Waals surface area contributed by atoms with Crippen LogP contribution in [0.15, 0.2) is 42.6 Å². The van der Waals surface area contributed by atoms with Gasteiger partial charge in [0.25, 0.3) is 0 Å². The molecule has 2 aromatic rings. The minimum Gasteiger partial charge on any atom is -0.439 e. The fourth-order valence-electron chi connectivity index (χ4n) is 2.57. The second-order valence-corrected chi connectivity index (χ2v) is 6.51. The van der Waals surface area contributed by atoms with Crippen molar-refractivity contribution in [2.45, 2.75) is 46.0 Å². The first-order chi connectivity index (χ1) is 11.8. The topological polar surface area (TPSA) is 34.2 Å². The molecule has 0 saturated heterocycles. The Kier molecular flexibility index (Phi) is 6.42. The summed E-state index contributed by atoms with van der Waals surface area (Å²) in [6.45, 7) is 6.95. The quantitative estimate of drug-likeness (QED) is 0.723. The van der Waals surface area contributed by atoms with E-state index in [9.17, 15) is 13.2 Å². The fourth-order valence-corrected chi connectivity index (χ4v) is 2.57. The molecular weight excluding hydrogens is 329 g/mol. The monoisotopic (exact) mass is 352 g/mol. The van der Waals surface area contributed by atoms with E-state index < -0.39 is 11.7 Å². The summed E-state index contributed by atoms with van der Waals surface area (Å²) in [5.41, 5.74) is 0.0571. The summed E-state index contributed by atoms with van der Waals surface area (Å²) in [5.74, 6) is 1.01. The molecule has 0 spiro atoms. The lowest BCUT2D eigenvalue weighted by molar-refractivity contribution is -0.137. The van der Waals surface area contributed by atoms with Gasteiger partial charge in [-0.1, -0.05) is 26.0 Å². The number of alkyl halides is 3. The Labute approximate surface area is 146 Å². The molecule has 0 fully saturated rings. The van der Waals surface area contributed by atoms with Crippen molar-refractivity contribution in [2.75, 3.05) is 0 Å². The number of benzene rings is 1. The standard InChI is InChI=1S/C19H23F3N2O/c1-13(2)10-14(3)24-12-15-6-5-9-23-18(15)25-17-8-4-7-16(11-17)19(20,21)22/h4-9,11,13-14,24H,10,12H2,1-3H3/t14-/m1/s1. The largest absolute Gasteiger partial charge is 0.439 e. The molecular formula is C19H23F3N2O. The highest BCUT2D eigenvalue weighted by atomic mass is 19.4. The molecule has 136 valence electrons. The zero-order valence-corrected chi connectivity index (χ0v) is 14.6. The van der Waals surface area contributed by atoms with Crippen LogP contribution in [0.5, 0.6) is 11.6 Å². The maximum absolute atomic E-state index is 12.8. The molecule has 1 heterocycles. The Morgan fingerprint density at radius 1 is 1.12 bits per heavy atom. The van der Waals surface area contributed by atoms with E-state index in [0.29, 0.717) is 24.4 Å². The third kappa shape index (κ3) is 6.05. The minimum atomic E-state index is -4.40. The molecule has 1 aromatic carbocycles.